The first kappa shape index (κ1) is 13.8. The van der Waals surface area contributed by atoms with Gasteiger partial charge in [-0.25, -0.2) is 4.79 Å². The van der Waals surface area contributed by atoms with E-state index in [9.17, 15) is 9.59 Å². The summed E-state index contributed by atoms with van der Waals surface area (Å²) in [6.07, 6.45) is -0.739. The van der Waals surface area contributed by atoms with Crippen LogP contribution in [0.25, 0.3) is 0 Å². The van der Waals surface area contributed by atoms with E-state index in [0.717, 1.165) is 5.56 Å². The highest BCUT2D eigenvalue weighted by molar-refractivity contribution is 6.30. The van der Waals surface area contributed by atoms with Crippen LogP contribution in [0.15, 0.2) is 24.3 Å². The van der Waals surface area contributed by atoms with Crippen LogP contribution < -0.4 is 5.32 Å². The number of aliphatic carboxylic acids is 1. The first-order chi connectivity index (χ1) is 9.06. The second-order valence-electron chi connectivity index (χ2n) is 4.37. The summed E-state index contributed by atoms with van der Waals surface area (Å²) in [5.74, 6) is -1.30. The average Bonchev–Trinajstić information content (AvgIpc) is 2.87. The zero-order valence-corrected chi connectivity index (χ0v) is 10.9. The van der Waals surface area contributed by atoms with Crippen molar-refractivity contribution in [2.45, 2.75) is 31.6 Å². The van der Waals surface area contributed by atoms with Gasteiger partial charge in [-0.15, -0.1) is 0 Å². The van der Waals surface area contributed by atoms with Gasteiger partial charge in [0.1, 0.15) is 6.10 Å². The molecule has 2 atom stereocenters. The number of carbonyl (C=O) groups is 2. The first-order valence-corrected chi connectivity index (χ1v) is 6.34. The number of nitrogens with one attached hydrogen (secondary N) is 1. The standard InChI is InChI=1S/C13H14ClNO4/c14-9-3-1-8(2-4-9)7-15-12(16)10-5-6-11(19-10)13(17)18/h1-4,10-11H,5-7H2,(H,15,16)(H,17,18). The lowest BCUT2D eigenvalue weighted by Gasteiger charge is -2.11. The van der Waals surface area contributed by atoms with Crippen LogP contribution in [0.3, 0.4) is 0 Å². The van der Waals surface area contributed by atoms with Crippen LogP contribution in [-0.2, 0) is 20.9 Å². The molecule has 1 aromatic rings. The maximum atomic E-state index is 11.8. The number of halogens is 1. The number of rotatable bonds is 4. The molecule has 1 aliphatic rings. The fourth-order valence-corrected chi connectivity index (χ4v) is 2.04. The van der Waals surface area contributed by atoms with Gasteiger partial charge in [0.15, 0.2) is 6.10 Å². The van der Waals surface area contributed by atoms with E-state index in [2.05, 4.69) is 5.32 Å². The zero-order valence-electron chi connectivity index (χ0n) is 10.1. The van der Waals surface area contributed by atoms with Gasteiger partial charge in [-0.1, -0.05) is 23.7 Å². The molecule has 1 heterocycles. The van der Waals surface area contributed by atoms with E-state index in [1.54, 1.807) is 12.1 Å². The number of benzene rings is 1. The van der Waals surface area contributed by atoms with E-state index in [4.69, 9.17) is 21.4 Å². The fourth-order valence-electron chi connectivity index (χ4n) is 1.92. The maximum Gasteiger partial charge on any atom is 0.332 e. The Kier molecular flexibility index (Phi) is 4.39. The number of carboxylic acids is 1. The Morgan fingerprint density at radius 2 is 1.89 bits per heavy atom. The number of carbonyl (C=O) groups excluding carboxylic acids is 1. The summed E-state index contributed by atoms with van der Waals surface area (Å²) in [7, 11) is 0. The topological polar surface area (TPSA) is 75.6 Å². The van der Waals surface area contributed by atoms with Gasteiger partial charge in [-0.05, 0) is 30.5 Å². The van der Waals surface area contributed by atoms with Gasteiger partial charge in [0.2, 0.25) is 5.91 Å². The quantitative estimate of drug-likeness (QED) is 0.880. The van der Waals surface area contributed by atoms with Gasteiger partial charge >= 0.3 is 5.97 Å². The minimum atomic E-state index is -1.02. The summed E-state index contributed by atoms with van der Waals surface area (Å²) < 4.78 is 5.16. The van der Waals surface area contributed by atoms with Crippen LogP contribution >= 0.6 is 11.6 Å². The molecule has 1 amide bonds. The second kappa shape index (κ2) is 6.04. The third kappa shape index (κ3) is 3.68. The molecule has 19 heavy (non-hydrogen) atoms. The molecule has 1 aromatic carbocycles. The van der Waals surface area contributed by atoms with Crippen molar-refractivity contribution in [2.75, 3.05) is 0 Å². The molecule has 1 fully saturated rings. The van der Waals surface area contributed by atoms with Crippen LogP contribution in [0.1, 0.15) is 18.4 Å². The van der Waals surface area contributed by atoms with Gasteiger partial charge in [-0.3, -0.25) is 4.79 Å². The highest BCUT2D eigenvalue weighted by atomic mass is 35.5. The molecular formula is C13H14ClNO4. The van der Waals surface area contributed by atoms with Crippen molar-refractivity contribution >= 4 is 23.5 Å². The molecule has 0 saturated carbocycles. The van der Waals surface area contributed by atoms with Crippen molar-refractivity contribution in [3.8, 4) is 0 Å². The third-order valence-corrected chi connectivity index (χ3v) is 3.22. The molecule has 2 rings (SSSR count). The minimum Gasteiger partial charge on any atom is -0.479 e. The third-order valence-electron chi connectivity index (χ3n) is 2.97. The molecule has 0 aliphatic carbocycles. The number of carboxylic acid groups (broad SMARTS) is 1. The van der Waals surface area contributed by atoms with E-state index in [-0.39, 0.29) is 5.91 Å². The summed E-state index contributed by atoms with van der Waals surface area (Å²) in [6.45, 7) is 0.369. The molecule has 0 aromatic heterocycles. The summed E-state index contributed by atoms with van der Waals surface area (Å²) in [5.41, 5.74) is 0.922. The SMILES string of the molecule is O=C(O)C1CCC(C(=O)NCc2ccc(Cl)cc2)O1. The molecule has 6 heteroatoms. The normalized spacial score (nSPS) is 22.2. The Bertz CT molecular complexity index is 474. The summed E-state index contributed by atoms with van der Waals surface area (Å²) in [5, 5.41) is 12.1. The smallest absolute Gasteiger partial charge is 0.332 e. The molecule has 2 N–H and O–H groups in total. The predicted molar refractivity (Wildman–Crippen MR) is 68.8 cm³/mol. The molecule has 0 radical (unpaired) electrons. The summed E-state index contributed by atoms with van der Waals surface area (Å²) in [4.78, 5) is 22.5. The van der Waals surface area contributed by atoms with Crippen LogP contribution in [0.4, 0.5) is 0 Å². The zero-order chi connectivity index (χ0) is 13.8. The first-order valence-electron chi connectivity index (χ1n) is 5.96. The molecule has 5 nitrogen and oxygen atoms in total. The molecule has 1 aliphatic heterocycles. The molecule has 1 saturated heterocycles. The van der Waals surface area contributed by atoms with E-state index in [0.29, 0.717) is 24.4 Å². The van der Waals surface area contributed by atoms with Crippen molar-refractivity contribution in [3.63, 3.8) is 0 Å². The van der Waals surface area contributed by atoms with Crippen molar-refractivity contribution in [3.05, 3.63) is 34.9 Å². The molecule has 0 spiro atoms. The van der Waals surface area contributed by atoms with E-state index < -0.39 is 18.2 Å². The lowest BCUT2D eigenvalue weighted by Crippen LogP contribution is -2.35. The van der Waals surface area contributed by atoms with Crippen molar-refractivity contribution < 1.29 is 19.4 Å². The highest BCUT2D eigenvalue weighted by Crippen LogP contribution is 2.20. The van der Waals surface area contributed by atoms with Gasteiger partial charge in [-0.2, -0.15) is 0 Å². The second-order valence-corrected chi connectivity index (χ2v) is 4.81. The van der Waals surface area contributed by atoms with Crippen LogP contribution in [-0.4, -0.2) is 29.2 Å². The molecule has 2 unspecified atom stereocenters. The Morgan fingerprint density at radius 1 is 1.26 bits per heavy atom. The number of ether oxygens (including phenoxy) is 1. The molecule has 0 bridgehead atoms. The van der Waals surface area contributed by atoms with E-state index >= 15 is 0 Å². The minimum absolute atomic E-state index is 0.279. The summed E-state index contributed by atoms with van der Waals surface area (Å²) >= 11 is 5.76. The molecular weight excluding hydrogens is 270 g/mol. The lowest BCUT2D eigenvalue weighted by molar-refractivity contribution is -0.151. The van der Waals surface area contributed by atoms with Gasteiger partial charge < -0.3 is 15.2 Å². The highest BCUT2D eigenvalue weighted by Gasteiger charge is 2.34. The number of amides is 1. The lowest BCUT2D eigenvalue weighted by atomic mass is 10.2. The number of hydrogen-bond donors (Lipinski definition) is 2. The average molecular weight is 284 g/mol. The van der Waals surface area contributed by atoms with Gasteiger partial charge in [0.05, 0.1) is 0 Å². The largest absolute Gasteiger partial charge is 0.479 e. The fraction of sp³-hybridized carbons (Fsp3) is 0.385. The van der Waals surface area contributed by atoms with Gasteiger partial charge in [0, 0.05) is 11.6 Å². The van der Waals surface area contributed by atoms with Crippen LogP contribution in [0.2, 0.25) is 5.02 Å². The van der Waals surface area contributed by atoms with Crippen molar-refractivity contribution in [2.24, 2.45) is 0 Å². The summed E-state index contributed by atoms with van der Waals surface area (Å²) in [6, 6.07) is 7.13. The van der Waals surface area contributed by atoms with Crippen molar-refractivity contribution in [1.29, 1.82) is 0 Å². The Morgan fingerprint density at radius 3 is 2.47 bits per heavy atom. The number of hydrogen-bond acceptors (Lipinski definition) is 3. The maximum absolute atomic E-state index is 11.8. The van der Waals surface area contributed by atoms with Crippen molar-refractivity contribution in [1.82, 2.24) is 5.32 Å². The monoisotopic (exact) mass is 283 g/mol. The Labute approximate surface area is 115 Å². The van der Waals surface area contributed by atoms with Crippen LogP contribution in [0, 0.1) is 0 Å². The Hall–Kier alpha value is -1.59. The van der Waals surface area contributed by atoms with E-state index in [1.807, 2.05) is 12.1 Å². The van der Waals surface area contributed by atoms with Gasteiger partial charge in [0.25, 0.3) is 0 Å². The molecule has 102 valence electrons. The predicted octanol–water partition coefficient (Wildman–Crippen LogP) is 1.59. The van der Waals surface area contributed by atoms with Crippen LogP contribution in [0.5, 0.6) is 0 Å². The Balaban J connectivity index is 1.82. The van der Waals surface area contributed by atoms with E-state index in [1.165, 1.54) is 0 Å².